The summed E-state index contributed by atoms with van der Waals surface area (Å²) < 4.78 is 0. The zero-order chi connectivity index (χ0) is 13.8. The molecule has 0 aliphatic rings. The number of halogens is 2. The van der Waals surface area contributed by atoms with Crippen molar-refractivity contribution in [2.24, 2.45) is 0 Å². The Balaban J connectivity index is 2.10. The van der Waals surface area contributed by atoms with E-state index in [1.54, 1.807) is 6.07 Å². The third kappa shape index (κ3) is 3.73. The van der Waals surface area contributed by atoms with Gasteiger partial charge in [-0.05, 0) is 37.1 Å². The van der Waals surface area contributed by atoms with Crippen molar-refractivity contribution < 1.29 is 0 Å². The molecule has 0 spiro atoms. The summed E-state index contributed by atoms with van der Waals surface area (Å²) in [4.78, 5) is 0. The van der Waals surface area contributed by atoms with Crippen LogP contribution in [-0.4, -0.2) is 0 Å². The zero-order valence-corrected chi connectivity index (χ0v) is 12.5. The fourth-order valence-corrected chi connectivity index (χ4v) is 2.73. The molecule has 2 atom stereocenters. The Morgan fingerprint density at radius 2 is 1.58 bits per heavy atom. The summed E-state index contributed by atoms with van der Waals surface area (Å²) in [5.41, 5.74) is 2.33. The first-order chi connectivity index (χ1) is 9.08. The molecule has 2 aromatic carbocycles. The Morgan fingerprint density at radius 3 is 2.21 bits per heavy atom. The average molecular weight is 294 g/mol. The molecule has 0 aromatic heterocycles. The van der Waals surface area contributed by atoms with Gasteiger partial charge in [0, 0.05) is 22.1 Å². The molecule has 1 N–H and O–H groups in total. The summed E-state index contributed by atoms with van der Waals surface area (Å²) in [6.45, 7) is 4.25. The Morgan fingerprint density at radius 1 is 0.895 bits per heavy atom. The molecule has 100 valence electrons. The highest BCUT2D eigenvalue weighted by Crippen LogP contribution is 2.27. The van der Waals surface area contributed by atoms with Crippen LogP contribution in [0.1, 0.15) is 37.1 Å². The predicted octanol–water partition coefficient (Wildman–Crippen LogP) is 5.41. The van der Waals surface area contributed by atoms with Crippen LogP contribution < -0.4 is 5.32 Å². The van der Waals surface area contributed by atoms with Crippen molar-refractivity contribution in [3.63, 3.8) is 0 Å². The van der Waals surface area contributed by atoms with Crippen LogP contribution in [0.25, 0.3) is 0 Å². The van der Waals surface area contributed by atoms with Crippen LogP contribution in [0.3, 0.4) is 0 Å². The van der Waals surface area contributed by atoms with Crippen molar-refractivity contribution >= 4 is 23.2 Å². The third-order valence-electron chi connectivity index (χ3n) is 3.23. The maximum absolute atomic E-state index is 6.23. The van der Waals surface area contributed by atoms with Crippen LogP contribution in [0, 0.1) is 0 Å². The molecule has 0 saturated carbocycles. The molecule has 0 aliphatic carbocycles. The zero-order valence-electron chi connectivity index (χ0n) is 11.0. The number of hydrogen-bond donors (Lipinski definition) is 1. The van der Waals surface area contributed by atoms with Crippen LogP contribution in [0.2, 0.25) is 10.0 Å². The first-order valence-corrected chi connectivity index (χ1v) is 7.09. The van der Waals surface area contributed by atoms with E-state index in [1.807, 2.05) is 30.3 Å². The van der Waals surface area contributed by atoms with Crippen molar-refractivity contribution in [1.82, 2.24) is 5.32 Å². The second kappa shape index (κ2) is 6.42. The van der Waals surface area contributed by atoms with E-state index in [2.05, 4.69) is 31.3 Å². The first-order valence-electron chi connectivity index (χ1n) is 6.34. The van der Waals surface area contributed by atoms with Gasteiger partial charge >= 0.3 is 0 Å². The van der Waals surface area contributed by atoms with Crippen LogP contribution in [0.4, 0.5) is 0 Å². The van der Waals surface area contributed by atoms with Crippen LogP contribution >= 0.6 is 23.2 Å². The van der Waals surface area contributed by atoms with Gasteiger partial charge in [-0.1, -0.05) is 59.6 Å². The highest BCUT2D eigenvalue weighted by molar-refractivity contribution is 6.35. The Bertz CT molecular complexity index is 540. The molecule has 0 fully saturated rings. The van der Waals surface area contributed by atoms with Gasteiger partial charge in [0.2, 0.25) is 0 Å². The molecular formula is C16H17Cl2N. The molecule has 0 bridgehead atoms. The normalized spacial score (nSPS) is 14.1. The summed E-state index contributed by atoms with van der Waals surface area (Å²) >= 11 is 12.1. The quantitative estimate of drug-likeness (QED) is 0.795. The maximum atomic E-state index is 6.23. The van der Waals surface area contributed by atoms with Crippen LogP contribution in [0.15, 0.2) is 48.5 Å². The summed E-state index contributed by atoms with van der Waals surface area (Å²) in [6.07, 6.45) is 0. The summed E-state index contributed by atoms with van der Waals surface area (Å²) in [5, 5.41) is 4.91. The van der Waals surface area contributed by atoms with Gasteiger partial charge in [0.25, 0.3) is 0 Å². The number of benzene rings is 2. The molecule has 19 heavy (non-hydrogen) atoms. The summed E-state index contributed by atoms with van der Waals surface area (Å²) in [5.74, 6) is 0. The molecule has 0 amide bonds. The van der Waals surface area contributed by atoms with Crippen molar-refractivity contribution in [2.75, 3.05) is 0 Å². The first kappa shape index (κ1) is 14.4. The molecule has 0 saturated heterocycles. The van der Waals surface area contributed by atoms with Gasteiger partial charge in [0.15, 0.2) is 0 Å². The number of rotatable bonds is 4. The van der Waals surface area contributed by atoms with E-state index in [4.69, 9.17) is 23.2 Å². The van der Waals surface area contributed by atoms with E-state index in [0.29, 0.717) is 10.0 Å². The molecule has 1 nitrogen and oxygen atoms in total. The van der Waals surface area contributed by atoms with E-state index in [1.165, 1.54) is 5.56 Å². The molecule has 2 aromatic rings. The van der Waals surface area contributed by atoms with Crippen molar-refractivity contribution in [1.29, 1.82) is 0 Å². The third-order valence-corrected chi connectivity index (χ3v) is 3.79. The van der Waals surface area contributed by atoms with Gasteiger partial charge in [-0.15, -0.1) is 0 Å². The fraction of sp³-hybridized carbons (Fsp3) is 0.250. The van der Waals surface area contributed by atoms with Gasteiger partial charge in [0.1, 0.15) is 0 Å². The monoisotopic (exact) mass is 293 g/mol. The largest absolute Gasteiger partial charge is 0.304 e. The lowest BCUT2D eigenvalue weighted by molar-refractivity contribution is 0.495. The molecular weight excluding hydrogens is 277 g/mol. The molecule has 0 aliphatic heterocycles. The van der Waals surface area contributed by atoms with Gasteiger partial charge < -0.3 is 5.32 Å². The second-order valence-electron chi connectivity index (χ2n) is 4.69. The van der Waals surface area contributed by atoms with Gasteiger partial charge in [-0.25, -0.2) is 0 Å². The lowest BCUT2D eigenvalue weighted by Crippen LogP contribution is -2.22. The van der Waals surface area contributed by atoms with Gasteiger partial charge in [0.05, 0.1) is 0 Å². The van der Waals surface area contributed by atoms with E-state index in [9.17, 15) is 0 Å². The van der Waals surface area contributed by atoms with Crippen molar-refractivity contribution in [3.05, 3.63) is 69.7 Å². The Hall–Kier alpha value is -1.02. The topological polar surface area (TPSA) is 12.0 Å². The van der Waals surface area contributed by atoms with Gasteiger partial charge in [-0.2, -0.15) is 0 Å². The molecule has 0 radical (unpaired) electrons. The maximum Gasteiger partial charge on any atom is 0.0468 e. The molecule has 2 rings (SSSR count). The molecule has 3 heteroatoms. The Kier molecular flexibility index (Phi) is 4.87. The van der Waals surface area contributed by atoms with Crippen molar-refractivity contribution in [2.45, 2.75) is 25.9 Å². The standard InChI is InChI=1S/C16H17Cl2N/c1-11(13-6-4-3-5-7-13)19-12(2)15-9-8-14(17)10-16(15)18/h3-12,19H,1-2H3/t11-,12+/m0/s1. The minimum Gasteiger partial charge on any atom is -0.304 e. The predicted molar refractivity (Wildman–Crippen MR) is 82.9 cm³/mol. The van der Waals surface area contributed by atoms with E-state index in [0.717, 1.165) is 5.56 Å². The fourth-order valence-electron chi connectivity index (χ4n) is 2.16. The van der Waals surface area contributed by atoms with E-state index in [-0.39, 0.29) is 12.1 Å². The van der Waals surface area contributed by atoms with E-state index < -0.39 is 0 Å². The van der Waals surface area contributed by atoms with Gasteiger partial charge in [-0.3, -0.25) is 0 Å². The highest BCUT2D eigenvalue weighted by Gasteiger charge is 2.13. The number of hydrogen-bond acceptors (Lipinski definition) is 1. The van der Waals surface area contributed by atoms with Crippen LogP contribution in [0.5, 0.6) is 0 Å². The smallest absolute Gasteiger partial charge is 0.0468 e. The SMILES string of the molecule is C[C@H](N[C@H](C)c1ccc(Cl)cc1Cl)c1ccccc1. The summed E-state index contributed by atoms with van der Waals surface area (Å²) in [7, 11) is 0. The van der Waals surface area contributed by atoms with Crippen molar-refractivity contribution in [3.8, 4) is 0 Å². The molecule has 0 heterocycles. The lowest BCUT2D eigenvalue weighted by Gasteiger charge is -2.21. The second-order valence-corrected chi connectivity index (χ2v) is 5.53. The highest BCUT2D eigenvalue weighted by atomic mass is 35.5. The minimum atomic E-state index is 0.167. The average Bonchev–Trinajstić information content (AvgIpc) is 2.39. The van der Waals surface area contributed by atoms with Crippen LogP contribution in [-0.2, 0) is 0 Å². The minimum absolute atomic E-state index is 0.167. The molecule has 0 unspecified atom stereocenters. The number of nitrogens with one attached hydrogen (secondary N) is 1. The van der Waals surface area contributed by atoms with E-state index >= 15 is 0 Å². The lowest BCUT2D eigenvalue weighted by atomic mass is 10.0. The summed E-state index contributed by atoms with van der Waals surface area (Å²) in [6, 6.07) is 16.4. The Labute approximate surface area is 124 Å².